The second kappa shape index (κ2) is 8.88. The number of hydrogen-bond donors (Lipinski definition) is 2. The lowest BCUT2D eigenvalue weighted by Crippen LogP contribution is -2.41. The van der Waals surface area contributed by atoms with Crippen molar-refractivity contribution >= 4 is 17.5 Å². The van der Waals surface area contributed by atoms with Crippen LogP contribution in [0.25, 0.3) is 0 Å². The van der Waals surface area contributed by atoms with Crippen LogP contribution in [0.15, 0.2) is 24.3 Å². The van der Waals surface area contributed by atoms with Gasteiger partial charge in [0.1, 0.15) is 12.5 Å². The molecule has 122 valence electrons. The minimum absolute atomic E-state index is 0.261. The van der Waals surface area contributed by atoms with Gasteiger partial charge in [-0.1, -0.05) is 12.1 Å². The van der Waals surface area contributed by atoms with Crippen molar-refractivity contribution in [1.29, 1.82) is 5.26 Å². The van der Waals surface area contributed by atoms with E-state index in [1.165, 1.54) is 0 Å². The number of rotatable bonds is 6. The van der Waals surface area contributed by atoms with Crippen LogP contribution in [-0.2, 0) is 14.3 Å². The summed E-state index contributed by atoms with van der Waals surface area (Å²) >= 11 is 0. The Morgan fingerprint density at radius 1 is 1.22 bits per heavy atom. The van der Waals surface area contributed by atoms with Gasteiger partial charge in [-0.3, -0.25) is 14.5 Å². The highest BCUT2D eigenvalue weighted by atomic mass is 16.5. The zero-order valence-electron chi connectivity index (χ0n) is 12.9. The first-order valence-electron chi connectivity index (χ1n) is 7.55. The number of carbonyl (C=O) groups is 2. The first-order valence-corrected chi connectivity index (χ1v) is 7.55. The molecule has 0 saturated carbocycles. The van der Waals surface area contributed by atoms with Gasteiger partial charge in [-0.2, -0.15) is 5.26 Å². The van der Waals surface area contributed by atoms with Crippen LogP contribution in [0.3, 0.4) is 0 Å². The molecule has 2 N–H and O–H groups in total. The molecule has 7 heteroatoms. The summed E-state index contributed by atoms with van der Waals surface area (Å²) in [5.41, 5.74) is 0.787. The van der Waals surface area contributed by atoms with Crippen molar-refractivity contribution in [1.82, 2.24) is 10.2 Å². The molecule has 1 aromatic carbocycles. The maximum Gasteiger partial charge on any atom is 0.233 e. The fraction of sp³-hybridized carbons (Fsp3) is 0.438. The Labute approximate surface area is 135 Å². The van der Waals surface area contributed by atoms with Crippen molar-refractivity contribution in [2.45, 2.75) is 6.42 Å². The van der Waals surface area contributed by atoms with Gasteiger partial charge >= 0.3 is 0 Å². The summed E-state index contributed by atoms with van der Waals surface area (Å²) < 4.78 is 5.25. The van der Waals surface area contributed by atoms with Gasteiger partial charge < -0.3 is 15.4 Å². The third kappa shape index (κ3) is 5.70. The Morgan fingerprint density at radius 3 is 2.70 bits per heavy atom. The molecule has 1 aliphatic heterocycles. The normalized spacial score (nSPS) is 14.7. The zero-order chi connectivity index (χ0) is 16.5. The summed E-state index contributed by atoms with van der Waals surface area (Å²) in [5, 5.41) is 14.3. The van der Waals surface area contributed by atoms with Crippen molar-refractivity contribution in [2.24, 2.45) is 0 Å². The average molecular weight is 316 g/mol. The van der Waals surface area contributed by atoms with Crippen molar-refractivity contribution in [3.05, 3.63) is 29.8 Å². The number of nitrogens with zero attached hydrogens (tertiary/aromatic N) is 2. The summed E-state index contributed by atoms with van der Waals surface area (Å²) in [5.74, 6) is -0.762. The summed E-state index contributed by atoms with van der Waals surface area (Å²) in [6, 6.07) is 8.67. The van der Waals surface area contributed by atoms with E-state index < -0.39 is 5.91 Å². The van der Waals surface area contributed by atoms with E-state index in [4.69, 9.17) is 10.00 Å². The number of amides is 2. The van der Waals surface area contributed by atoms with Crippen LogP contribution >= 0.6 is 0 Å². The second-order valence-electron chi connectivity index (χ2n) is 5.19. The van der Waals surface area contributed by atoms with E-state index in [9.17, 15) is 9.59 Å². The Bertz CT molecular complexity index is 591. The summed E-state index contributed by atoms with van der Waals surface area (Å²) in [6.45, 7) is 4.40. The zero-order valence-corrected chi connectivity index (χ0v) is 12.9. The Hall–Kier alpha value is -2.43. The molecule has 0 atom stereocenters. The predicted octanol–water partition coefficient (Wildman–Crippen LogP) is 0.335. The number of carbonyl (C=O) groups excluding carboxylic acids is 2. The number of nitrogens with one attached hydrogen (secondary N) is 2. The van der Waals surface area contributed by atoms with E-state index >= 15 is 0 Å². The van der Waals surface area contributed by atoms with Crippen LogP contribution in [0, 0.1) is 11.3 Å². The van der Waals surface area contributed by atoms with E-state index in [2.05, 4.69) is 15.5 Å². The first kappa shape index (κ1) is 16.9. The van der Waals surface area contributed by atoms with Crippen molar-refractivity contribution in [3.8, 4) is 6.07 Å². The van der Waals surface area contributed by atoms with Gasteiger partial charge in [0.05, 0.1) is 24.5 Å². The largest absolute Gasteiger partial charge is 0.379 e. The molecule has 1 aromatic rings. The number of benzene rings is 1. The molecule has 2 rings (SSSR count). The fourth-order valence-electron chi connectivity index (χ4n) is 2.27. The molecule has 1 heterocycles. The molecular formula is C16H20N4O3. The number of anilines is 1. The molecule has 0 aliphatic carbocycles. The van der Waals surface area contributed by atoms with E-state index in [1.54, 1.807) is 24.3 Å². The summed E-state index contributed by atoms with van der Waals surface area (Å²) in [6.07, 6.45) is -0.261. The molecule has 0 bridgehead atoms. The Morgan fingerprint density at radius 2 is 1.96 bits per heavy atom. The fourth-order valence-corrected chi connectivity index (χ4v) is 2.27. The lowest BCUT2D eigenvalue weighted by molar-refractivity contribution is -0.126. The van der Waals surface area contributed by atoms with Crippen molar-refractivity contribution < 1.29 is 14.3 Å². The van der Waals surface area contributed by atoms with Crippen LogP contribution in [0.4, 0.5) is 5.69 Å². The Balaban J connectivity index is 1.70. The van der Waals surface area contributed by atoms with Gasteiger partial charge in [-0.05, 0) is 12.1 Å². The third-order valence-corrected chi connectivity index (χ3v) is 3.50. The maximum atomic E-state index is 11.8. The van der Waals surface area contributed by atoms with Crippen LogP contribution in [-0.4, -0.2) is 56.1 Å². The second-order valence-corrected chi connectivity index (χ2v) is 5.19. The average Bonchev–Trinajstić information content (AvgIpc) is 2.56. The van der Waals surface area contributed by atoms with E-state index in [-0.39, 0.29) is 12.3 Å². The van der Waals surface area contributed by atoms with Crippen LogP contribution in [0.5, 0.6) is 0 Å². The predicted molar refractivity (Wildman–Crippen MR) is 84.7 cm³/mol. The van der Waals surface area contributed by atoms with E-state index in [0.717, 1.165) is 19.6 Å². The first-order chi connectivity index (χ1) is 11.2. The molecule has 1 fully saturated rings. The minimum atomic E-state index is -0.434. The van der Waals surface area contributed by atoms with Gasteiger partial charge in [0.25, 0.3) is 0 Å². The molecule has 0 spiro atoms. The standard InChI is InChI=1S/C16H20N4O3/c17-12-13-3-1-2-4-14(13)19-16(22)11-15(21)18-5-6-20-7-9-23-10-8-20/h1-4H,5-11H2,(H,18,21)(H,19,22). The summed E-state index contributed by atoms with van der Waals surface area (Å²) in [7, 11) is 0. The molecule has 7 nitrogen and oxygen atoms in total. The topological polar surface area (TPSA) is 94.5 Å². The van der Waals surface area contributed by atoms with Crippen LogP contribution in [0.1, 0.15) is 12.0 Å². The van der Waals surface area contributed by atoms with Crippen molar-refractivity contribution in [3.63, 3.8) is 0 Å². The van der Waals surface area contributed by atoms with Crippen molar-refractivity contribution in [2.75, 3.05) is 44.7 Å². The smallest absolute Gasteiger partial charge is 0.233 e. The minimum Gasteiger partial charge on any atom is -0.379 e. The highest BCUT2D eigenvalue weighted by Gasteiger charge is 2.13. The quantitative estimate of drug-likeness (QED) is 0.738. The molecule has 0 aromatic heterocycles. The molecule has 1 aliphatic rings. The van der Waals surface area contributed by atoms with Gasteiger partial charge in [-0.25, -0.2) is 0 Å². The number of ether oxygens (including phenoxy) is 1. The highest BCUT2D eigenvalue weighted by molar-refractivity contribution is 6.04. The highest BCUT2D eigenvalue weighted by Crippen LogP contribution is 2.13. The molecule has 2 amide bonds. The number of morpholine rings is 1. The maximum absolute atomic E-state index is 11.8. The number of hydrogen-bond acceptors (Lipinski definition) is 5. The van der Waals surface area contributed by atoms with E-state index in [0.29, 0.717) is 31.0 Å². The molecular weight excluding hydrogens is 296 g/mol. The lowest BCUT2D eigenvalue weighted by Gasteiger charge is -2.26. The van der Waals surface area contributed by atoms with Gasteiger partial charge in [-0.15, -0.1) is 0 Å². The molecule has 0 radical (unpaired) electrons. The number of nitriles is 1. The van der Waals surface area contributed by atoms with Gasteiger partial charge in [0.2, 0.25) is 11.8 Å². The van der Waals surface area contributed by atoms with Gasteiger partial charge in [0, 0.05) is 26.2 Å². The van der Waals surface area contributed by atoms with Crippen LogP contribution < -0.4 is 10.6 Å². The lowest BCUT2D eigenvalue weighted by atomic mass is 10.2. The van der Waals surface area contributed by atoms with E-state index in [1.807, 2.05) is 6.07 Å². The SMILES string of the molecule is N#Cc1ccccc1NC(=O)CC(=O)NCCN1CCOCC1. The van der Waals surface area contributed by atoms with Gasteiger partial charge in [0.15, 0.2) is 0 Å². The van der Waals surface area contributed by atoms with Crippen LogP contribution in [0.2, 0.25) is 0 Å². The molecule has 0 unspecified atom stereocenters. The summed E-state index contributed by atoms with van der Waals surface area (Å²) in [4.78, 5) is 25.8. The molecule has 1 saturated heterocycles. The Kier molecular flexibility index (Phi) is 6.54. The number of para-hydroxylation sites is 1. The molecule has 23 heavy (non-hydrogen) atoms. The monoisotopic (exact) mass is 316 g/mol. The third-order valence-electron chi connectivity index (χ3n) is 3.50.